The van der Waals surface area contributed by atoms with Gasteiger partial charge in [-0.3, -0.25) is 20.4 Å². The van der Waals surface area contributed by atoms with Crippen molar-refractivity contribution in [2.24, 2.45) is 0 Å². The quantitative estimate of drug-likeness (QED) is 0.190. The van der Waals surface area contributed by atoms with Gasteiger partial charge in [0.15, 0.2) is 0 Å². The number of rotatable bonds is 4. The molecule has 0 spiro atoms. The average molecular weight is 583 g/mol. The highest BCUT2D eigenvalue weighted by atomic mass is 79.9. The molecule has 0 fully saturated rings. The molecule has 3 N–H and O–H groups in total. The van der Waals surface area contributed by atoms with Crippen molar-refractivity contribution in [1.82, 2.24) is 20.8 Å². The Kier molecular flexibility index (Phi) is 6.08. The smallest absolute Gasteiger partial charge is 0.350 e. The maximum Gasteiger partial charge on any atom is 0.350 e. The number of methoxy groups -OCH3 is 1. The Morgan fingerprint density at radius 1 is 0.923 bits per heavy atom. The molecule has 0 radical (unpaired) electrons. The van der Waals surface area contributed by atoms with E-state index in [2.05, 4.69) is 36.7 Å². The van der Waals surface area contributed by atoms with Crippen LogP contribution in [0.15, 0.2) is 92.5 Å². The van der Waals surface area contributed by atoms with Crippen molar-refractivity contribution in [1.29, 1.82) is 0 Å². The second-order valence-electron chi connectivity index (χ2n) is 8.73. The molecule has 6 rings (SSSR count). The molecule has 10 heteroatoms. The maximum absolute atomic E-state index is 13.3. The Morgan fingerprint density at radius 3 is 2.51 bits per heavy atom. The second kappa shape index (κ2) is 9.73. The summed E-state index contributed by atoms with van der Waals surface area (Å²) in [5.41, 5.74) is 6.72. The van der Waals surface area contributed by atoms with Crippen LogP contribution in [0.2, 0.25) is 0 Å². The molecule has 0 aliphatic rings. The van der Waals surface area contributed by atoms with E-state index < -0.39 is 17.4 Å². The fraction of sp³-hybridized carbons (Fsp3) is 0.0345. The minimum Gasteiger partial charge on any atom is -0.497 e. The number of nitrogens with zero attached hydrogens (tertiary/aromatic N) is 1. The number of hydrogen-bond donors (Lipinski definition) is 3. The van der Waals surface area contributed by atoms with Crippen molar-refractivity contribution in [2.75, 3.05) is 7.11 Å². The van der Waals surface area contributed by atoms with E-state index in [0.29, 0.717) is 27.7 Å². The lowest BCUT2D eigenvalue weighted by Crippen LogP contribution is -2.43. The average Bonchev–Trinajstić information content (AvgIpc) is 3.33. The molecule has 0 aliphatic carbocycles. The van der Waals surface area contributed by atoms with Gasteiger partial charge in [-0.2, -0.15) is 0 Å². The van der Waals surface area contributed by atoms with E-state index in [1.807, 2.05) is 54.6 Å². The van der Waals surface area contributed by atoms with Gasteiger partial charge in [0, 0.05) is 31.7 Å². The summed E-state index contributed by atoms with van der Waals surface area (Å²) in [6, 6.07) is 23.5. The second-order valence-corrected chi connectivity index (χ2v) is 9.64. The van der Waals surface area contributed by atoms with Gasteiger partial charge in [0.05, 0.1) is 12.6 Å². The molecule has 192 valence electrons. The number of hydrazine groups is 1. The summed E-state index contributed by atoms with van der Waals surface area (Å²) < 4.78 is 11.5. The Labute approximate surface area is 228 Å². The Bertz CT molecular complexity index is 1980. The van der Waals surface area contributed by atoms with Gasteiger partial charge >= 0.3 is 5.63 Å². The minimum atomic E-state index is -0.874. The predicted molar refractivity (Wildman–Crippen MR) is 151 cm³/mol. The zero-order chi connectivity index (χ0) is 27.1. The summed E-state index contributed by atoms with van der Waals surface area (Å²) in [6.07, 6.45) is 0. The number of amides is 2. The summed E-state index contributed by atoms with van der Waals surface area (Å²) in [6.45, 7) is 0. The molecule has 3 heterocycles. The van der Waals surface area contributed by atoms with Crippen molar-refractivity contribution in [3.63, 3.8) is 0 Å². The first-order valence-corrected chi connectivity index (χ1v) is 12.6. The topological polar surface area (TPSA) is 126 Å². The number of halogens is 1. The molecule has 0 bridgehead atoms. The number of carbonyl (C=O) groups is 2. The zero-order valence-electron chi connectivity index (χ0n) is 20.4. The van der Waals surface area contributed by atoms with Gasteiger partial charge in [-0.05, 0) is 54.1 Å². The Morgan fingerprint density at radius 2 is 1.72 bits per heavy atom. The van der Waals surface area contributed by atoms with Gasteiger partial charge in [-0.25, -0.2) is 9.78 Å². The summed E-state index contributed by atoms with van der Waals surface area (Å²) in [5, 5.41) is 2.04. The number of benzene rings is 3. The molecule has 0 atom stereocenters. The van der Waals surface area contributed by atoms with Crippen LogP contribution in [-0.2, 0) is 0 Å². The fourth-order valence-corrected chi connectivity index (χ4v) is 4.84. The number of fused-ring (bicyclic) bond motifs is 3. The molecular weight excluding hydrogens is 564 g/mol. The molecule has 0 unspecified atom stereocenters. The lowest BCUT2D eigenvalue weighted by molar-refractivity contribution is 0.0842. The first-order chi connectivity index (χ1) is 18.9. The van der Waals surface area contributed by atoms with Crippen molar-refractivity contribution in [2.45, 2.75) is 0 Å². The lowest BCUT2D eigenvalue weighted by Gasteiger charge is -2.09. The molecule has 9 nitrogen and oxygen atoms in total. The Balaban J connectivity index is 1.31. The maximum atomic E-state index is 13.3. The highest BCUT2D eigenvalue weighted by molar-refractivity contribution is 9.10. The number of hydrogen-bond acceptors (Lipinski definition) is 6. The van der Waals surface area contributed by atoms with Crippen LogP contribution in [0.3, 0.4) is 0 Å². The third kappa shape index (κ3) is 4.51. The van der Waals surface area contributed by atoms with Crippen LogP contribution >= 0.6 is 15.9 Å². The number of aromatic amines is 1. The lowest BCUT2D eigenvalue weighted by atomic mass is 10.0. The highest BCUT2D eigenvalue weighted by Gasteiger charge is 2.21. The van der Waals surface area contributed by atoms with Crippen molar-refractivity contribution >= 4 is 60.6 Å². The molecule has 0 saturated heterocycles. The number of carbonyl (C=O) groups excluding carboxylic acids is 2. The predicted octanol–water partition coefficient (Wildman–Crippen LogP) is 5.34. The highest BCUT2D eigenvalue weighted by Crippen LogP contribution is 2.34. The van der Waals surface area contributed by atoms with Crippen LogP contribution in [0, 0.1) is 0 Å². The molecule has 6 aromatic rings. The van der Waals surface area contributed by atoms with E-state index in [0.717, 1.165) is 20.8 Å². The first kappa shape index (κ1) is 24.4. The van der Waals surface area contributed by atoms with Gasteiger partial charge in [0.2, 0.25) is 5.71 Å². The molecule has 3 aromatic carbocycles. The normalized spacial score (nSPS) is 11.1. The van der Waals surface area contributed by atoms with E-state index in [1.165, 1.54) is 6.07 Å². The van der Waals surface area contributed by atoms with Crippen molar-refractivity contribution in [3.8, 4) is 16.9 Å². The van der Waals surface area contributed by atoms with E-state index in [4.69, 9.17) is 9.15 Å². The van der Waals surface area contributed by atoms with E-state index in [-0.39, 0.29) is 17.0 Å². The van der Waals surface area contributed by atoms with E-state index in [1.54, 1.807) is 25.3 Å². The fourth-order valence-electron chi connectivity index (χ4n) is 4.46. The largest absolute Gasteiger partial charge is 0.497 e. The van der Waals surface area contributed by atoms with Gasteiger partial charge in [0.1, 0.15) is 17.0 Å². The van der Waals surface area contributed by atoms with Crippen LogP contribution < -0.4 is 21.2 Å². The van der Waals surface area contributed by atoms with Crippen LogP contribution in [0.25, 0.3) is 44.0 Å². The van der Waals surface area contributed by atoms with Gasteiger partial charge in [-0.1, -0.05) is 46.3 Å². The van der Waals surface area contributed by atoms with E-state index in [9.17, 15) is 14.4 Å². The summed E-state index contributed by atoms with van der Waals surface area (Å²) in [7, 11) is 1.57. The number of aromatic nitrogens is 2. The number of ether oxygens (including phenoxy) is 1. The van der Waals surface area contributed by atoms with Gasteiger partial charge in [-0.15, -0.1) is 0 Å². The van der Waals surface area contributed by atoms with Gasteiger partial charge in [0.25, 0.3) is 11.8 Å². The number of H-pyrrole nitrogens is 1. The van der Waals surface area contributed by atoms with Crippen LogP contribution in [0.1, 0.15) is 20.8 Å². The third-order valence-electron chi connectivity index (χ3n) is 6.31. The molecule has 0 saturated carbocycles. The molecule has 2 amide bonds. The minimum absolute atomic E-state index is 0.108. The third-order valence-corrected chi connectivity index (χ3v) is 6.80. The van der Waals surface area contributed by atoms with Crippen LogP contribution in [0.4, 0.5) is 0 Å². The van der Waals surface area contributed by atoms with Crippen molar-refractivity contribution in [3.05, 3.63) is 105 Å². The number of pyridine rings is 1. The number of nitrogens with one attached hydrogen (secondary N) is 3. The molecule has 0 aliphatic heterocycles. The van der Waals surface area contributed by atoms with Crippen LogP contribution in [0.5, 0.6) is 5.75 Å². The Hall–Kier alpha value is -4.96. The summed E-state index contributed by atoms with van der Waals surface area (Å²) >= 11 is 3.42. The van der Waals surface area contributed by atoms with Gasteiger partial charge < -0.3 is 14.1 Å². The van der Waals surface area contributed by atoms with Crippen molar-refractivity contribution < 1.29 is 18.7 Å². The summed E-state index contributed by atoms with van der Waals surface area (Å²) in [5.74, 6) is -0.788. The first-order valence-electron chi connectivity index (χ1n) is 11.8. The van der Waals surface area contributed by atoms with Crippen LogP contribution in [-0.4, -0.2) is 28.9 Å². The monoisotopic (exact) mass is 582 g/mol. The summed E-state index contributed by atoms with van der Waals surface area (Å²) in [4.78, 5) is 46.3. The molecule has 39 heavy (non-hydrogen) atoms. The molecular formula is C29H19BrN4O5. The standard InChI is InChI=1S/C29H19BrN4O5/c1-38-19-8-10-23-20(14-19)24(15-5-3-2-4-6-15)25(31-23)27(36)34-33-26(35)21-13-17-11-16-12-18(30)7-9-22(16)32-28(17)39-29(21)37/h2-14,31H,1H3,(H,33,35)(H,34,36). The molecule has 3 aromatic heterocycles. The SMILES string of the molecule is COc1ccc2[nH]c(C(=O)NNC(=O)c3cc4cc5cc(Br)ccc5nc4oc3=O)c(-c3ccccc3)c2c1. The van der Waals surface area contributed by atoms with E-state index >= 15 is 0 Å². The zero-order valence-corrected chi connectivity index (χ0v) is 22.0.